The zero-order valence-electron chi connectivity index (χ0n) is 6.84. The number of piperidine rings is 1. The summed E-state index contributed by atoms with van der Waals surface area (Å²) in [6.45, 7) is 2.15. The molecule has 2 heteroatoms. The number of nitrogens with two attached hydrogens (primary N) is 1. The minimum Gasteiger partial charge on any atom is -0.324 e. The monoisotopic (exact) mass is 152 g/mol. The predicted octanol–water partition coefficient (Wildman–Crippen LogP) is 0.643. The second-order valence-electron chi connectivity index (χ2n) is 3.81. The minimum absolute atomic E-state index is 0.0764. The van der Waals surface area contributed by atoms with Gasteiger partial charge in [-0.3, -0.25) is 0 Å². The van der Waals surface area contributed by atoms with Crippen molar-refractivity contribution in [1.29, 1.82) is 0 Å². The van der Waals surface area contributed by atoms with Crippen molar-refractivity contribution in [2.75, 3.05) is 13.1 Å². The Hall–Kier alpha value is -0.340. The Labute approximate surface area is 67.8 Å². The van der Waals surface area contributed by atoms with Gasteiger partial charge in [0.1, 0.15) is 0 Å². The highest BCUT2D eigenvalue weighted by Crippen LogP contribution is 2.31. The molecule has 2 rings (SSSR count). The average molecular weight is 152 g/mol. The number of fused-ring (bicyclic) bond motifs is 1. The molecule has 0 saturated carbocycles. The lowest BCUT2D eigenvalue weighted by atomic mass is 9.73. The maximum absolute atomic E-state index is 6.25. The summed E-state index contributed by atoms with van der Waals surface area (Å²) in [5.74, 6) is 0.730. The van der Waals surface area contributed by atoms with Crippen LogP contribution in [-0.4, -0.2) is 18.6 Å². The molecule has 0 radical (unpaired) electrons. The molecule has 1 saturated heterocycles. The second-order valence-corrected chi connectivity index (χ2v) is 3.81. The van der Waals surface area contributed by atoms with Crippen molar-refractivity contribution in [1.82, 2.24) is 5.32 Å². The fourth-order valence-electron chi connectivity index (χ4n) is 2.18. The highest BCUT2D eigenvalue weighted by molar-refractivity contribution is 5.08. The van der Waals surface area contributed by atoms with Crippen LogP contribution in [-0.2, 0) is 0 Å². The molecule has 2 aliphatic rings. The molecule has 11 heavy (non-hydrogen) atoms. The van der Waals surface area contributed by atoms with Gasteiger partial charge < -0.3 is 11.1 Å². The van der Waals surface area contributed by atoms with Crippen molar-refractivity contribution in [3.8, 4) is 0 Å². The predicted molar refractivity (Wildman–Crippen MR) is 46.3 cm³/mol. The Bertz CT molecular complexity index is 176. The van der Waals surface area contributed by atoms with E-state index in [9.17, 15) is 0 Å². The second kappa shape index (κ2) is 2.61. The van der Waals surface area contributed by atoms with Crippen LogP contribution >= 0.6 is 0 Å². The van der Waals surface area contributed by atoms with Crippen LogP contribution in [0, 0.1) is 5.92 Å². The third kappa shape index (κ3) is 1.21. The Balaban J connectivity index is 2.15. The van der Waals surface area contributed by atoms with E-state index in [1.165, 1.54) is 12.8 Å². The van der Waals surface area contributed by atoms with Crippen molar-refractivity contribution < 1.29 is 0 Å². The van der Waals surface area contributed by atoms with Crippen LogP contribution < -0.4 is 11.1 Å². The molecule has 2 unspecified atom stereocenters. The highest BCUT2D eigenvalue weighted by Gasteiger charge is 2.36. The fourth-order valence-corrected chi connectivity index (χ4v) is 2.18. The molecule has 0 spiro atoms. The summed E-state index contributed by atoms with van der Waals surface area (Å²) in [6.07, 6.45) is 8.01. The number of allylic oxidation sites excluding steroid dienone is 1. The quantitative estimate of drug-likeness (QED) is 0.500. The first-order valence-electron chi connectivity index (χ1n) is 4.46. The number of nitrogens with one attached hydrogen (secondary N) is 1. The van der Waals surface area contributed by atoms with Gasteiger partial charge >= 0.3 is 0 Å². The molecule has 0 bridgehead atoms. The SMILES string of the molecule is NC12CC=CCC1CCNC2. The van der Waals surface area contributed by atoms with Crippen LogP contribution in [0.3, 0.4) is 0 Å². The lowest BCUT2D eigenvalue weighted by Gasteiger charge is -2.42. The maximum Gasteiger partial charge on any atom is 0.0347 e. The van der Waals surface area contributed by atoms with E-state index >= 15 is 0 Å². The number of rotatable bonds is 0. The Kier molecular flexibility index (Phi) is 1.74. The number of hydrogen-bond acceptors (Lipinski definition) is 2. The van der Waals surface area contributed by atoms with Gasteiger partial charge in [0, 0.05) is 12.1 Å². The molecule has 62 valence electrons. The zero-order valence-corrected chi connectivity index (χ0v) is 6.84. The Morgan fingerprint density at radius 1 is 1.45 bits per heavy atom. The molecule has 1 aliphatic carbocycles. The van der Waals surface area contributed by atoms with Crippen LogP contribution in [0.1, 0.15) is 19.3 Å². The van der Waals surface area contributed by atoms with E-state index in [1.807, 2.05) is 0 Å². The van der Waals surface area contributed by atoms with Crippen molar-refractivity contribution in [3.63, 3.8) is 0 Å². The van der Waals surface area contributed by atoms with Crippen molar-refractivity contribution in [2.45, 2.75) is 24.8 Å². The lowest BCUT2D eigenvalue weighted by Crippen LogP contribution is -2.59. The van der Waals surface area contributed by atoms with Gasteiger partial charge in [0.05, 0.1) is 0 Å². The molecular formula is C9H16N2. The standard InChI is InChI=1S/C9H16N2/c10-9-5-2-1-3-8(9)4-6-11-7-9/h1-2,8,11H,3-7,10H2. The number of hydrogen-bond donors (Lipinski definition) is 2. The van der Waals surface area contributed by atoms with Crippen molar-refractivity contribution >= 4 is 0 Å². The van der Waals surface area contributed by atoms with E-state index < -0.39 is 0 Å². The van der Waals surface area contributed by atoms with Crippen molar-refractivity contribution in [2.24, 2.45) is 11.7 Å². The first kappa shape index (κ1) is 7.32. The summed E-state index contributed by atoms with van der Waals surface area (Å²) in [6, 6.07) is 0. The summed E-state index contributed by atoms with van der Waals surface area (Å²) < 4.78 is 0. The average Bonchev–Trinajstić information content (AvgIpc) is 2.03. The fraction of sp³-hybridized carbons (Fsp3) is 0.778. The van der Waals surface area contributed by atoms with Gasteiger partial charge in [-0.25, -0.2) is 0 Å². The van der Waals surface area contributed by atoms with Crippen molar-refractivity contribution in [3.05, 3.63) is 12.2 Å². The zero-order chi connectivity index (χ0) is 7.73. The lowest BCUT2D eigenvalue weighted by molar-refractivity contribution is 0.200. The van der Waals surface area contributed by atoms with E-state index in [2.05, 4.69) is 17.5 Å². The molecule has 2 atom stereocenters. The topological polar surface area (TPSA) is 38.0 Å². The molecule has 0 aromatic carbocycles. The summed E-state index contributed by atoms with van der Waals surface area (Å²) in [5, 5.41) is 3.37. The molecule has 0 amide bonds. The van der Waals surface area contributed by atoms with Gasteiger partial charge in [0.25, 0.3) is 0 Å². The van der Waals surface area contributed by atoms with Crippen LogP contribution in [0.25, 0.3) is 0 Å². The van der Waals surface area contributed by atoms with Gasteiger partial charge in [-0.05, 0) is 31.7 Å². The van der Waals surface area contributed by atoms with E-state index in [0.29, 0.717) is 0 Å². The first-order valence-corrected chi connectivity index (χ1v) is 4.46. The molecule has 0 aromatic rings. The minimum atomic E-state index is 0.0764. The Morgan fingerprint density at radius 3 is 3.18 bits per heavy atom. The van der Waals surface area contributed by atoms with Crippen LogP contribution in [0.5, 0.6) is 0 Å². The van der Waals surface area contributed by atoms with E-state index in [-0.39, 0.29) is 5.54 Å². The third-order valence-corrected chi connectivity index (χ3v) is 3.02. The Morgan fingerprint density at radius 2 is 2.36 bits per heavy atom. The molecular weight excluding hydrogens is 136 g/mol. The van der Waals surface area contributed by atoms with E-state index in [0.717, 1.165) is 25.4 Å². The summed E-state index contributed by atoms with van der Waals surface area (Å²) in [5.41, 5.74) is 6.33. The molecule has 0 aromatic heterocycles. The molecule has 1 heterocycles. The van der Waals surface area contributed by atoms with Gasteiger partial charge in [-0.2, -0.15) is 0 Å². The summed E-state index contributed by atoms with van der Waals surface area (Å²) in [7, 11) is 0. The molecule has 1 fully saturated rings. The largest absolute Gasteiger partial charge is 0.324 e. The molecule has 2 nitrogen and oxygen atoms in total. The third-order valence-electron chi connectivity index (χ3n) is 3.02. The smallest absolute Gasteiger partial charge is 0.0347 e. The van der Waals surface area contributed by atoms with Gasteiger partial charge in [-0.1, -0.05) is 12.2 Å². The van der Waals surface area contributed by atoms with Crippen LogP contribution in [0.2, 0.25) is 0 Å². The van der Waals surface area contributed by atoms with E-state index in [1.54, 1.807) is 0 Å². The van der Waals surface area contributed by atoms with Crippen LogP contribution in [0.15, 0.2) is 12.2 Å². The van der Waals surface area contributed by atoms with E-state index in [4.69, 9.17) is 5.73 Å². The normalized spacial score (nSPS) is 43.5. The van der Waals surface area contributed by atoms with Gasteiger partial charge in [0.2, 0.25) is 0 Å². The summed E-state index contributed by atoms with van der Waals surface area (Å²) in [4.78, 5) is 0. The van der Waals surface area contributed by atoms with Gasteiger partial charge in [-0.15, -0.1) is 0 Å². The highest BCUT2D eigenvalue weighted by atomic mass is 15.0. The van der Waals surface area contributed by atoms with Gasteiger partial charge in [0.15, 0.2) is 0 Å². The van der Waals surface area contributed by atoms with Crippen LogP contribution in [0.4, 0.5) is 0 Å². The maximum atomic E-state index is 6.25. The first-order chi connectivity index (χ1) is 5.31. The molecule has 1 aliphatic heterocycles. The summed E-state index contributed by atoms with van der Waals surface area (Å²) >= 11 is 0. The molecule has 3 N–H and O–H groups in total.